The van der Waals surface area contributed by atoms with Gasteiger partial charge >= 0.3 is 0 Å². The highest BCUT2D eigenvalue weighted by Gasteiger charge is 1.99. The van der Waals surface area contributed by atoms with Crippen molar-refractivity contribution in [2.24, 2.45) is 0 Å². The highest BCUT2D eigenvalue weighted by molar-refractivity contribution is 5.87. The fraction of sp³-hybridized carbons (Fsp3) is 0.0833. The second kappa shape index (κ2) is 4.19. The van der Waals surface area contributed by atoms with Crippen LogP contribution in [0.4, 0.5) is 4.39 Å². The molecule has 0 aliphatic rings. The van der Waals surface area contributed by atoms with Crippen LogP contribution in [0.25, 0.3) is 17.0 Å². The van der Waals surface area contributed by atoms with Crippen LogP contribution in [-0.2, 0) is 0 Å². The molecule has 0 amide bonds. The van der Waals surface area contributed by atoms with Crippen LogP contribution in [0.5, 0.6) is 0 Å². The molecule has 0 saturated carbocycles. The van der Waals surface area contributed by atoms with E-state index in [1.165, 1.54) is 6.08 Å². The third-order valence-electron chi connectivity index (χ3n) is 2.14. The molecule has 0 radical (unpaired) electrons. The Hall–Kier alpha value is -1.74. The van der Waals surface area contributed by atoms with Crippen LogP contribution >= 0.6 is 0 Å². The van der Waals surface area contributed by atoms with Gasteiger partial charge in [-0.3, -0.25) is 4.98 Å². The Kier molecular flexibility index (Phi) is 2.74. The molecule has 1 heterocycles. The molecule has 0 unspecified atom stereocenters. The van der Waals surface area contributed by atoms with Gasteiger partial charge in [0.1, 0.15) is 5.83 Å². The second-order valence-corrected chi connectivity index (χ2v) is 3.17. The van der Waals surface area contributed by atoms with Gasteiger partial charge in [-0.25, -0.2) is 4.39 Å². The van der Waals surface area contributed by atoms with Crippen LogP contribution in [0.15, 0.2) is 42.4 Å². The first kappa shape index (κ1) is 9.80. The lowest BCUT2D eigenvalue weighted by atomic mass is 10.1. The Morgan fingerprint density at radius 1 is 1.33 bits per heavy atom. The molecule has 0 aliphatic carbocycles. The van der Waals surface area contributed by atoms with Gasteiger partial charge < -0.3 is 5.11 Å². The number of aliphatic hydroxyl groups is 1. The van der Waals surface area contributed by atoms with E-state index in [1.54, 1.807) is 18.3 Å². The van der Waals surface area contributed by atoms with Crippen LogP contribution in [-0.4, -0.2) is 16.7 Å². The molecule has 0 atom stereocenters. The molecule has 0 bridgehead atoms. The van der Waals surface area contributed by atoms with Gasteiger partial charge in [-0.15, -0.1) is 0 Å². The minimum Gasteiger partial charge on any atom is -0.389 e. The molecule has 2 nitrogen and oxygen atoms in total. The first-order valence-corrected chi connectivity index (χ1v) is 4.62. The number of pyridine rings is 1. The van der Waals surface area contributed by atoms with Crippen LogP contribution in [0.3, 0.4) is 0 Å². The Balaban J connectivity index is 2.61. The summed E-state index contributed by atoms with van der Waals surface area (Å²) >= 11 is 0. The number of halogens is 1. The normalized spacial score (nSPS) is 12.0. The highest BCUT2D eigenvalue weighted by Crippen LogP contribution is 2.19. The number of nitrogens with zero attached hydrogens (tertiary/aromatic N) is 1. The molecule has 2 aromatic rings. The van der Waals surface area contributed by atoms with Crippen LogP contribution in [0, 0.1) is 0 Å². The maximum absolute atomic E-state index is 12.9. The predicted molar refractivity (Wildman–Crippen MR) is 57.9 cm³/mol. The van der Waals surface area contributed by atoms with Gasteiger partial charge in [0.05, 0.1) is 12.1 Å². The molecule has 0 fully saturated rings. The second-order valence-electron chi connectivity index (χ2n) is 3.17. The van der Waals surface area contributed by atoms with Gasteiger partial charge in [-0.05, 0) is 23.8 Å². The van der Waals surface area contributed by atoms with Gasteiger partial charge in [0.25, 0.3) is 0 Å². The molecule has 0 spiro atoms. The Labute approximate surface area is 86.7 Å². The van der Waals surface area contributed by atoms with Crippen molar-refractivity contribution in [3.8, 4) is 0 Å². The molecule has 15 heavy (non-hydrogen) atoms. The molecular weight excluding hydrogens is 193 g/mol. The molecule has 76 valence electrons. The molecular formula is C12H10FNO. The summed E-state index contributed by atoms with van der Waals surface area (Å²) in [5, 5.41) is 9.49. The summed E-state index contributed by atoms with van der Waals surface area (Å²) in [5.74, 6) is -0.550. The van der Waals surface area contributed by atoms with Crippen molar-refractivity contribution < 1.29 is 9.50 Å². The lowest BCUT2D eigenvalue weighted by Crippen LogP contribution is -1.85. The Morgan fingerprint density at radius 2 is 2.20 bits per heavy atom. The molecule has 0 saturated heterocycles. The van der Waals surface area contributed by atoms with E-state index < -0.39 is 12.4 Å². The summed E-state index contributed by atoms with van der Waals surface area (Å²) in [4.78, 5) is 4.16. The highest BCUT2D eigenvalue weighted by atomic mass is 19.1. The molecule has 3 heteroatoms. The minimum atomic E-state index is -0.573. The summed E-state index contributed by atoms with van der Waals surface area (Å²) in [7, 11) is 0. The standard InChI is InChI=1S/C12H10FNO/c13-10(8-15)7-9-3-1-5-12-11(9)4-2-6-14-12/h1-7,15H,8H2/b10-7+. The zero-order valence-corrected chi connectivity index (χ0v) is 8.02. The fourth-order valence-corrected chi connectivity index (χ4v) is 1.47. The number of aliphatic hydroxyl groups excluding tert-OH is 1. The number of rotatable bonds is 2. The predicted octanol–water partition coefficient (Wildman–Crippen LogP) is 2.54. The van der Waals surface area contributed by atoms with E-state index in [0.717, 1.165) is 16.5 Å². The minimum absolute atomic E-state index is 0.550. The maximum atomic E-state index is 12.9. The van der Waals surface area contributed by atoms with Crippen LogP contribution < -0.4 is 0 Å². The molecule has 1 aromatic heterocycles. The first-order chi connectivity index (χ1) is 7.31. The molecule has 1 aromatic carbocycles. The van der Waals surface area contributed by atoms with Crippen molar-refractivity contribution in [2.45, 2.75) is 0 Å². The molecule has 1 N–H and O–H groups in total. The number of hydrogen-bond acceptors (Lipinski definition) is 2. The van der Waals surface area contributed by atoms with E-state index in [-0.39, 0.29) is 0 Å². The summed E-state index contributed by atoms with van der Waals surface area (Å²) in [5.41, 5.74) is 1.55. The lowest BCUT2D eigenvalue weighted by Gasteiger charge is -2.00. The third-order valence-corrected chi connectivity index (χ3v) is 2.14. The summed E-state index contributed by atoms with van der Waals surface area (Å²) in [6, 6.07) is 9.14. The zero-order valence-electron chi connectivity index (χ0n) is 8.02. The fourth-order valence-electron chi connectivity index (χ4n) is 1.47. The topological polar surface area (TPSA) is 33.1 Å². The summed E-state index contributed by atoms with van der Waals surface area (Å²) in [6.45, 7) is -0.573. The first-order valence-electron chi connectivity index (χ1n) is 4.62. The van der Waals surface area contributed by atoms with Gasteiger partial charge in [-0.2, -0.15) is 0 Å². The third kappa shape index (κ3) is 2.02. The Morgan fingerprint density at radius 3 is 3.00 bits per heavy atom. The monoisotopic (exact) mass is 203 g/mol. The quantitative estimate of drug-likeness (QED) is 0.813. The van der Waals surface area contributed by atoms with Crippen molar-refractivity contribution in [2.75, 3.05) is 6.61 Å². The summed E-state index contributed by atoms with van der Waals surface area (Å²) < 4.78 is 12.9. The number of fused-ring (bicyclic) bond motifs is 1. The maximum Gasteiger partial charge on any atom is 0.126 e. The van der Waals surface area contributed by atoms with E-state index in [2.05, 4.69) is 4.98 Å². The smallest absolute Gasteiger partial charge is 0.126 e. The average molecular weight is 203 g/mol. The van der Waals surface area contributed by atoms with E-state index in [0.29, 0.717) is 0 Å². The van der Waals surface area contributed by atoms with E-state index in [1.807, 2.05) is 18.2 Å². The van der Waals surface area contributed by atoms with Crippen LogP contribution in [0.1, 0.15) is 5.56 Å². The van der Waals surface area contributed by atoms with Crippen molar-refractivity contribution >= 4 is 17.0 Å². The zero-order chi connectivity index (χ0) is 10.7. The van der Waals surface area contributed by atoms with Crippen molar-refractivity contribution in [3.05, 3.63) is 47.9 Å². The van der Waals surface area contributed by atoms with Gasteiger partial charge in [0.15, 0.2) is 0 Å². The molecule has 2 rings (SSSR count). The average Bonchev–Trinajstić information content (AvgIpc) is 2.29. The van der Waals surface area contributed by atoms with Crippen molar-refractivity contribution in [3.63, 3.8) is 0 Å². The van der Waals surface area contributed by atoms with E-state index >= 15 is 0 Å². The SMILES string of the molecule is OC/C(F)=C\c1cccc2ncccc12. The summed E-state index contributed by atoms with van der Waals surface area (Å²) in [6.07, 6.45) is 3.02. The number of aromatic nitrogens is 1. The van der Waals surface area contributed by atoms with Gasteiger partial charge in [-0.1, -0.05) is 18.2 Å². The van der Waals surface area contributed by atoms with E-state index in [9.17, 15) is 4.39 Å². The van der Waals surface area contributed by atoms with Gasteiger partial charge in [0, 0.05) is 11.6 Å². The largest absolute Gasteiger partial charge is 0.389 e. The number of hydrogen-bond donors (Lipinski definition) is 1. The van der Waals surface area contributed by atoms with Crippen molar-refractivity contribution in [1.29, 1.82) is 0 Å². The Bertz CT molecular complexity index is 502. The van der Waals surface area contributed by atoms with E-state index in [4.69, 9.17) is 5.11 Å². The molecule has 0 aliphatic heterocycles. The van der Waals surface area contributed by atoms with Gasteiger partial charge in [0.2, 0.25) is 0 Å². The lowest BCUT2D eigenvalue weighted by molar-refractivity contribution is 0.300. The number of benzene rings is 1. The van der Waals surface area contributed by atoms with Crippen LogP contribution in [0.2, 0.25) is 0 Å². The van der Waals surface area contributed by atoms with Crippen molar-refractivity contribution in [1.82, 2.24) is 4.98 Å².